The van der Waals surface area contributed by atoms with Gasteiger partial charge in [0, 0.05) is 42.1 Å². The number of fused-ring (bicyclic) bond motifs is 1. The molecule has 14 nitrogen and oxygen atoms in total. The van der Waals surface area contributed by atoms with Crippen molar-refractivity contribution in [3.05, 3.63) is 186 Å². The average molecular weight is 1070 g/mol. The van der Waals surface area contributed by atoms with E-state index in [9.17, 15) is 34.8 Å². The number of methoxy groups -OCH3 is 5. The van der Waals surface area contributed by atoms with E-state index in [1.807, 2.05) is 24.3 Å². The van der Waals surface area contributed by atoms with Gasteiger partial charge in [0.05, 0.1) is 72.7 Å². The molecule has 0 aliphatic heterocycles. The molecule has 18 heteroatoms. The zero-order valence-electron chi connectivity index (χ0n) is 40.0. The van der Waals surface area contributed by atoms with Crippen LogP contribution in [0.25, 0.3) is 22.1 Å². The first kappa shape index (κ1) is 56.2. The van der Waals surface area contributed by atoms with E-state index in [0.717, 1.165) is 17.4 Å². The molecule has 0 aliphatic rings. The number of aryl methyl sites for hydroxylation is 1. The van der Waals surface area contributed by atoms with E-state index >= 15 is 0 Å². The number of ketones is 2. The van der Waals surface area contributed by atoms with Gasteiger partial charge in [-0.1, -0.05) is 82.8 Å². The number of phenols is 5. The average Bonchev–Trinajstić information content (AvgIpc) is 3.34. The Bertz CT molecular complexity index is 3220. The zero-order valence-corrected chi connectivity index (χ0v) is 43.0. The minimum atomic E-state index is -0.367. The molecule has 380 valence electrons. The van der Waals surface area contributed by atoms with E-state index in [0.29, 0.717) is 61.1 Å². The van der Waals surface area contributed by atoms with Gasteiger partial charge in [-0.15, -0.1) is 0 Å². The van der Waals surface area contributed by atoms with Gasteiger partial charge in [0.2, 0.25) is 5.43 Å². The topological polar surface area (TPSA) is 212 Å². The lowest BCUT2D eigenvalue weighted by Gasteiger charge is -2.12. The summed E-state index contributed by atoms with van der Waals surface area (Å²) in [5, 5.41) is 48.2. The number of hydrogen-bond acceptors (Lipinski definition) is 14. The Balaban J connectivity index is 0.000000185. The number of rotatable bonds is 12. The largest absolute Gasteiger partial charge is 0.508 e. The van der Waals surface area contributed by atoms with Gasteiger partial charge < -0.3 is 53.6 Å². The summed E-state index contributed by atoms with van der Waals surface area (Å²) in [7, 11) is 7.80. The van der Waals surface area contributed by atoms with Gasteiger partial charge in [-0.2, -0.15) is 0 Å². The van der Waals surface area contributed by atoms with Gasteiger partial charge in [-0.25, -0.2) is 0 Å². The van der Waals surface area contributed by atoms with Crippen LogP contribution in [0.15, 0.2) is 137 Å². The maximum absolute atomic E-state index is 12.7. The Morgan fingerprint density at radius 3 is 1.48 bits per heavy atom. The van der Waals surface area contributed by atoms with Gasteiger partial charge in [-0.3, -0.25) is 14.4 Å². The number of carbonyl (C=O) groups excluding carboxylic acids is 2. The van der Waals surface area contributed by atoms with E-state index in [-0.39, 0.29) is 85.2 Å². The smallest absolute Gasteiger partial charge is 0.202 e. The van der Waals surface area contributed by atoms with Crippen LogP contribution in [0.5, 0.6) is 57.5 Å². The third-order valence-corrected chi connectivity index (χ3v) is 11.6. The molecule has 1 heterocycles. The van der Waals surface area contributed by atoms with Gasteiger partial charge in [0.1, 0.15) is 68.8 Å². The molecule has 0 bridgehead atoms. The third-order valence-electron chi connectivity index (χ3n) is 10.5. The molecule has 0 radical (unpaired) electrons. The highest BCUT2D eigenvalue weighted by Crippen LogP contribution is 2.35. The van der Waals surface area contributed by atoms with Gasteiger partial charge >= 0.3 is 0 Å². The van der Waals surface area contributed by atoms with Crippen LogP contribution in [-0.4, -0.2) is 72.6 Å². The predicted molar refractivity (Wildman–Crippen MR) is 282 cm³/mol. The Labute approximate surface area is 439 Å². The van der Waals surface area contributed by atoms with E-state index in [4.69, 9.17) is 79.6 Å². The molecule has 7 aromatic carbocycles. The Morgan fingerprint density at radius 2 is 0.959 bits per heavy atom. The number of aromatic hydroxyl groups is 5. The molecule has 0 fully saturated rings. The van der Waals surface area contributed by atoms with Crippen LogP contribution in [0.3, 0.4) is 0 Å². The van der Waals surface area contributed by atoms with Crippen molar-refractivity contribution in [3.8, 4) is 68.6 Å². The molecule has 0 saturated carbocycles. The van der Waals surface area contributed by atoms with Gasteiger partial charge in [-0.05, 0) is 90.3 Å². The lowest BCUT2D eigenvalue weighted by atomic mass is 10.0. The van der Waals surface area contributed by atoms with Crippen molar-refractivity contribution < 1.29 is 63.2 Å². The van der Waals surface area contributed by atoms with Crippen molar-refractivity contribution in [3.63, 3.8) is 0 Å². The molecule has 0 atom stereocenters. The summed E-state index contributed by atoms with van der Waals surface area (Å²) in [6.07, 6.45) is 0.269. The normalized spacial score (nSPS) is 10.3. The van der Waals surface area contributed by atoms with Crippen LogP contribution in [0, 0.1) is 6.92 Å². The fraction of sp³-hybridized carbons (Fsp3) is 0.145. The summed E-state index contributed by atoms with van der Waals surface area (Å²) in [4.78, 5) is 37.3. The summed E-state index contributed by atoms with van der Waals surface area (Å²) in [6.45, 7) is 1.67. The molecule has 8 rings (SSSR count). The molecule has 0 spiro atoms. The number of hydrogen-bond donors (Lipinski definition) is 5. The molecule has 73 heavy (non-hydrogen) atoms. The number of benzene rings is 7. The highest BCUT2D eigenvalue weighted by molar-refractivity contribution is 6.36. The van der Waals surface area contributed by atoms with Crippen LogP contribution >= 0.6 is 46.4 Å². The SMILES string of the molecule is COc1cc(Cl)cc(OC)c1.COc1ccc(CC(=O)c2c(Cl)cc(OC)cc2OC)cc1.Cc1oc2cc(O)cc(Cl)c2c(=O)c1-c1ccc(O)cc1.O=C(Cc1ccc(O)cc1)c1c(O)cc(O)cc1Cl. The summed E-state index contributed by atoms with van der Waals surface area (Å²) in [5.41, 5.74) is 2.88. The minimum Gasteiger partial charge on any atom is -0.508 e. The third kappa shape index (κ3) is 15.1. The van der Waals surface area contributed by atoms with Gasteiger partial charge in [0.15, 0.2) is 11.6 Å². The Kier molecular flexibility index (Phi) is 20.1. The van der Waals surface area contributed by atoms with Gasteiger partial charge in [0.25, 0.3) is 0 Å². The maximum Gasteiger partial charge on any atom is 0.202 e. The summed E-state index contributed by atoms with van der Waals surface area (Å²) in [6, 6.07) is 33.1. The lowest BCUT2D eigenvalue weighted by Crippen LogP contribution is -2.08. The minimum absolute atomic E-state index is 0.00118. The van der Waals surface area contributed by atoms with Crippen LogP contribution < -0.4 is 29.1 Å². The summed E-state index contributed by atoms with van der Waals surface area (Å²) in [5.74, 6) is 2.64. The molecule has 0 amide bonds. The van der Waals surface area contributed by atoms with E-state index in [1.54, 1.807) is 82.9 Å². The van der Waals surface area contributed by atoms with Crippen molar-refractivity contribution in [1.29, 1.82) is 0 Å². The zero-order chi connectivity index (χ0) is 53.5. The standard InChI is InChI=1S/C17H17ClO4.C16H11ClO4.C14H11ClO4.C8H9ClO2/c1-20-12-6-4-11(5-7-12)8-15(19)17-14(18)9-13(21-2)10-16(17)22-3;1-8-14(9-2-4-10(18)5-3-9)16(20)15-12(17)6-11(19)7-13(15)21-8;15-11-6-10(17)7-13(19)14(11)12(18)5-8-1-3-9(16)4-2-8;1-10-7-3-6(9)4-8(5-7)11-2/h4-7,9-10H,8H2,1-3H3;2-7,18-19H,1H3;1-4,6-7,16-17,19H,5H2;3-5H,1-2H3. The number of carbonyl (C=O) groups is 2. The van der Waals surface area contributed by atoms with Crippen LogP contribution in [0.4, 0.5) is 0 Å². The predicted octanol–water partition coefficient (Wildman–Crippen LogP) is 12.9. The second-order valence-electron chi connectivity index (χ2n) is 15.5. The van der Waals surface area contributed by atoms with Crippen LogP contribution in [-0.2, 0) is 12.8 Å². The highest BCUT2D eigenvalue weighted by atomic mass is 35.5. The van der Waals surface area contributed by atoms with E-state index in [2.05, 4.69) is 0 Å². The Hall–Kier alpha value is -7.75. The van der Waals surface area contributed by atoms with Crippen molar-refractivity contribution in [1.82, 2.24) is 0 Å². The molecule has 0 unspecified atom stereocenters. The number of Topliss-reactive ketones (excluding diaryl/α,β-unsaturated/α-hetero) is 2. The molecular weight excluding hydrogens is 1030 g/mol. The van der Waals surface area contributed by atoms with Crippen molar-refractivity contribution in [2.24, 2.45) is 0 Å². The quantitative estimate of drug-likeness (QED) is 0.0721. The fourth-order valence-corrected chi connectivity index (χ4v) is 8.10. The number of ether oxygens (including phenoxy) is 5. The lowest BCUT2D eigenvalue weighted by molar-refractivity contribution is 0.0981. The summed E-state index contributed by atoms with van der Waals surface area (Å²) < 4.78 is 31.0. The molecule has 0 saturated heterocycles. The van der Waals surface area contributed by atoms with Crippen molar-refractivity contribution in [2.45, 2.75) is 19.8 Å². The second kappa shape index (κ2) is 26.1. The second-order valence-corrected chi connectivity index (χ2v) is 17.1. The van der Waals surface area contributed by atoms with Crippen molar-refractivity contribution in [2.75, 3.05) is 35.5 Å². The van der Waals surface area contributed by atoms with Crippen LogP contribution in [0.1, 0.15) is 37.6 Å². The molecular formula is C55H48Cl4O14. The van der Waals surface area contributed by atoms with E-state index < -0.39 is 0 Å². The first-order chi connectivity index (χ1) is 34.8. The monoisotopic (exact) mass is 1070 g/mol. The molecule has 1 aromatic heterocycles. The molecule has 8 aromatic rings. The number of halogens is 4. The van der Waals surface area contributed by atoms with Crippen LogP contribution in [0.2, 0.25) is 20.1 Å². The molecule has 0 aliphatic carbocycles. The Morgan fingerprint density at radius 1 is 0.493 bits per heavy atom. The highest BCUT2D eigenvalue weighted by Gasteiger charge is 2.20. The van der Waals surface area contributed by atoms with Crippen molar-refractivity contribution >= 4 is 68.9 Å². The first-order valence-electron chi connectivity index (χ1n) is 21.5. The number of phenolic OH excluding ortho intramolecular Hbond substituents is 5. The van der Waals surface area contributed by atoms with E-state index in [1.165, 1.54) is 56.7 Å². The maximum atomic E-state index is 12.7. The molecule has 5 N–H and O–H groups in total. The fourth-order valence-electron chi connectivity index (χ4n) is 6.97. The first-order valence-corrected chi connectivity index (χ1v) is 23.0. The summed E-state index contributed by atoms with van der Waals surface area (Å²) >= 11 is 23.8.